The summed E-state index contributed by atoms with van der Waals surface area (Å²) in [7, 11) is 0. The molecule has 196 valence electrons. The van der Waals surface area contributed by atoms with Crippen LogP contribution in [0.2, 0.25) is 5.02 Å². The number of nitrogens with one attached hydrogen (secondary N) is 1. The van der Waals surface area contributed by atoms with Gasteiger partial charge in [-0.2, -0.15) is 0 Å². The summed E-state index contributed by atoms with van der Waals surface area (Å²) >= 11 is 6.27. The van der Waals surface area contributed by atoms with Gasteiger partial charge in [-0.25, -0.2) is 9.59 Å². The van der Waals surface area contributed by atoms with Crippen molar-refractivity contribution in [1.29, 1.82) is 0 Å². The molecule has 0 saturated carbocycles. The lowest BCUT2D eigenvalue weighted by Crippen LogP contribution is -2.56. The molecule has 2 aliphatic rings. The quantitative estimate of drug-likeness (QED) is 0.552. The van der Waals surface area contributed by atoms with Crippen LogP contribution in [0.4, 0.5) is 4.79 Å². The summed E-state index contributed by atoms with van der Waals surface area (Å²) < 4.78 is 5.45. The van der Waals surface area contributed by atoms with Crippen LogP contribution in [-0.4, -0.2) is 78.0 Å². The van der Waals surface area contributed by atoms with Gasteiger partial charge >= 0.3 is 12.0 Å². The van der Waals surface area contributed by atoms with Crippen molar-refractivity contribution in [3.63, 3.8) is 0 Å². The molecular weight excluding hydrogens is 492 g/mol. The molecule has 0 spiro atoms. The fourth-order valence-corrected chi connectivity index (χ4v) is 5.25. The highest BCUT2D eigenvalue weighted by atomic mass is 35.5. The fraction of sp³-hybridized carbons (Fsp3) is 0.393. The second-order valence-corrected chi connectivity index (χ2v) is 9.59. The molecule has 2 atom stereocenters. The summed E-state index contributed by atoms with van der Waals surface area (Å²) in [5.41, 5.74) is 2.38. The summed E-state index contributed by atoms with van der Waals surface area (Å²) in [6.07, 6.45) is 0. The third-order valence-electron chi connectivity index (χ3n) is 6.83. The average Bonchev–Trinajstić information content (AvgIpc) is 2.89. The maximum absolute atomic E-state index is 13.3. The van der Waals surface area contributed by atoms with Crippen molar-refractivity contribution in [2.45, 2.75) is 32.9 Å². The van der Waals surface area contributed by atoms with E-state index in [2.05, 4.69) is 10.2 Å². The molecular formula is C28H33ClN4O4. The number of nitrogens with zero attached hydrogens (tertiary/aromatic N) is 3. The summed E-state index contributed by atoms with van der Waals surface area (Å²) in [5, 5.41) is 3.42. The van der Waals surface area contributed by atoms with Gasteiger partial charge in [0, 0.05) is 44.5 Å². The molecule has 37 heavy (non-hydrogen) atoms. The van der Waals surface area contributed by atoms with E-state index in [0.717, 1.165) is 5.56 Å². The van der Waals surface area contributed by atoms with E-state index < -0.39 is 12.0 Å². The number of hydrogen-bond acceptors (Lipinski definition) is 5. The van der Waals surface area contributed by atoms with Gasteiger partial charge in [-0.15, -0.1) is 0 Å². The molecule has 2 heterocycles. The molecule has 0 radical (unpaired) electrons. The molecule has 2 aromatic carbocycles. The SMILES string of the molecule is CCOC(=O)C1=C(CN2CCN(C(=O)c3ccccc3Cl)[C@H](C)C2)N(CC)C(=O)N[C@@H]1c1ccccc1. The van der Waals surface area contributed by atoms with E-state index in [1.54, 1.807) is 36.1 Å². The van der Waals surface area contributed by atoms with Crippen LogP contribution in [-0.2, 0) is 9.53 Å². The second-order valence-electron chi connectivity index (χ2n) is 9.18. The smallest absolute Gasteiger partial charge is 0.338 e. The maximum Gasteiger partial charge on any atom is 0.338 e. The molecule has 2 aromatic rings. The zero-order chi connectivity index (χ0) is 26.5. The highest BCUT2D eigenvalue weighted by molar-refractivity contribution is 6.33. The Morgan fingerprint density at radius 2 is 1.76 bits per heavy atom. The first-order chi connectivity index (χ1) is 17.8. The lowest BCUT2D eigenvalue weighted by molar-refractivity contribution is -0.139. The van der Waals surface area contributed by atoms with Crippen molar-refractivity contribution in [3.8, 4) is 0 Å². The van der Waals surface area contributed by atoms with Gasteiger partial charge in [0.15, 0.2) is 0 Å². The summed E-state index contributed by atoms with van der Waals surface area (Å²) in [6.45, 7) is 8.37. The molecule has 1 N–H and O–H groups in total. The Labute approximate surface area is 222 Å². The first-order valence-corrected chi connectivity index (χ1v) is 13.0. The van der Waals surface area contributed by atoms with Crippen LogP contribution >= 0.6 is 11.6 Å². The molecule has 0 aromatic heterocycles. The van der Waals surface area contributed by atoms with Crippen LogP contribution < -0.4 is 5.32 Å². The van der Waals surface area contributed by atoms with Crippen LogP contribution in [0.15, 0.2) is 65.9 Å². The highest BCUT2D eigenvalue weighted by Crippen LogP contribution is 2.32. The number of likely N-dealkylation sites (N-methyl/N-ethyl adjacent to an activating group) is 1. The zero-order valence-corrected chi connectivity index (χ0v) is 22.2. The first-order valence-electron chi connectivity index (χ1n) is 12.7. The van der Waals surface area contributed by atoms with Crippen molar-refractivity contribution in [2.24, 2.45) is 0 Å². The number of piperazine rings is 1. The van der Waals surface area contributed by atoms with E-state index in [1.165, 1.54) is 0 Å². The molecule has 8 nitrogen and oxygen atoms in total. The average molecular weight is 525 g/mol. The highest BCUT2D eigenvalue weighted by Gasteiger charge is 2.39. The van der Waals surface area contributed by atoms with Crippen molar-refractivity contribution >= 4 is 29.5 Å². The van der Waals surface area contributed by atoms with Crippen molar-refractivity contribution < 1.29 is 19.1 Å². The van der Waals surface area contributed by atoms with Crippen LogP contribution in [0.3, 0.4) is 0 Å². The Hall–Kier alpha value is -3.36. The number of hydrogen-bond donors (Lipinski definition) is 1. The number of amides is 3. The predicted octanol–water partition coefficient (Wildman–Crippen LogP) is 4.09. The third kappa shape index (κ3) is 5.65. The van der Waals surface area contributed by atoms with E-state index in [0.29, 0.717) is 54.6 Å². The standard InChI is InChI=1S/C28H33ClN4O4/c1-4-32-23(24(27(35)37-5-2)25(30-28(32)36)20-11-7-6-8-12-20)18-31-15-16-33(19(3)17-31)26(34)21-13-9-10-14-22(21)29/h6-14,19,25H,4-5,15-18H2,1-3H3,(H,30,36)/t19-,25-/m1/s1. The molecule has 1 saturated heterocycles. The van der Waals surface area contributed by atoms with Crippen LogP contribution in [0.25, 0.3) is 0 Å². The Morgan fingerprint density at radius 3 is 2.41 bits per heavy atom. The molecule has 0 aliphatic carbocycles. The molecule has 4 rings (SSSR count). The second kappa shape index (κ2) is 11.8. The van der Waals surface area contributed by atoms with Crippen LogP contribution in [0.5, 0.6) is 0 Å². The number of benzene rings is 2. The van der Waals surface area contributed by atoms with E-state index >= 15 is 0 Å². The Morgan fingerprint density at radius 1 is 1.05 bits per heavy atom. The number of ether oxygens (including phenoxy) is 1. The van der Waals surface area contributed by atoms with Gasteiger partial charge in [0.2, 0.25) is 0 Å². The van der Waals surface area contributed by atoms with E-state index in [9.17, 15) is 14.4 Å². The third-order valence-corrected chi connectivity index (χ3v) is 7.16. The molecule has 0 unspecified atom stereocenters. The number of halogens is 1. The number of urea groups is 1. The minimum absolute atomic E-state index is 0.0819. The molecule has 1 fully saturated rings. The molecule has 3 amide bonds. The number of rotatable bonds is 7. The lowest BCUT2D eigenvalue weighted by atomic mass is 9.94. The van der Waals surface area contributed by atoms with E-state index in [1.807, 2.05) is 49.1 Å². The van der Waals surface area contributed by atoms with Crippen molar-refractivity contribution in [1.82, 2.24) is 20.0 Å². The van der Waals surface area contributed by atoms with Gasteiger partial charge in [0.1, 0.15) is 0 Å². The first kappa shape index (κ1) is 26.7. The van der Waals surface area contributed by atoms with Crippen LogP contribution in [0, 0.1) is 0 Å². The zero-order valence-electron chi connectivity index (χ0n) is 21.4. The summed E-state index contributed by atoms with van der Waals surface area (Å²) in [5.74, 6) is -0.536. The number of esters is 1. The van der Waals surface area contributed by atoms with Gasteiger partial charge in [0.05, 0.1) is 28.8 Å². The van der Waals surface area contributed by atoms with Gasteiger partial charge in [0.25, 0.3) is 5.91 Å². The fourth-order valence-electron chi connectivity index (χ4n) is 5.03. The predicted molar refractivity (Wildman–Crippen MR) is 142 cm³/mol. The monoisotopic (exact) mass is 524 g/mol. The van der Waals surface area contributed by atoms with Crippen molar-refractivity contribution in [2.75, 3.05) is 39.3 Å². The Balaban J connectivity index is 1.62. The lowest BCUT2D eigenvalue weighted by Gasteiger charge is -2.43. The summed E-state index contributed by atoms with van der Waals surface area (Å²) in [6, 6.07) is 15.6. The van der Waals surface area contributed by atoms with Gasteiger partial charge in [-0.3, -0.25) is 14.6 Å². The Bertz CT molecular complexity index is 1190. The number of carbonyl (C=O) groups is 3. The van der Waals surface area contributed by atoms with Crippen LogP contribution in [0.1, 0.15) is 42.7 Å². The maximum atomic E-state index is 13.3. The number of carbonyl (C=O) groups excluding carboxylic acids is 3. The molecule has 9 heteroatoms. The molecule has 2 aliphatic heterocycles. The summed E-state index contributed by atoms with van der Waals surface area (Å²) in [4.78, 5) is 45.2. The molecule has 0 bridgehead atoms. The normalized spacial score (nSPS) is 20.6. The van der Waals surface area contributed by atoms with Gasteiger partial charge in [-0.05, 0) is 38.5 Å². The van der Waals surface area contributed by atoms with E-state index in [-0.39, 0.29) is 24.6 Å². The Kier molecular flexibility index (Phi) is 8.51. The minimum Gasteiger partial charge on any atom is -0.463 e. The van der Waals surface area contributed by atoms with Crippen molar-refractivity contribution in [3.05, 3.63) is 82.0 Å². The minimum atomic E-state index is -0.605. The van der Waals surface area contributed by atoms with Gasteiger partial charge in [-0.1, -0.05) is 54.1 Å². The topological polar surface area (TPSA) is 82.2 Å². The van der Waals surface area contributed by atoms with E-state index in [4.69, 9.17) is 16.3 Å². The largest absolute Gasteiger partial charge is 0.463 e. The van der Waals surface area contributed by atoms with Gasteiger partial charge < -0.3 is 15.0 Å².